The van der Waals surface area contributed by atoms with Crippen molar-refractivity contribution in [1.29, 1.82) is 0 Å². The first-order valence-corrected chi connectivity index (χ1v) is 4.72. The predicted octanol–water partition coefficient (Wildman–Crippen LogP) is 3.09. The van der Waals surface area contributed by atoms with E-state index in [9.17, 15) is 0 Å². The molecule has 0 saturated heterocycles. The Hall–Kier alpha value is -1.44. The van der Waals surface area contributed by atoms with E-state index in [1.807, 2.05) is 44.2 Å². The first kappa shape index (κ1) is 10.6. The van der Waals surface area contributed by atoms with E-state index >= 15 is 0 Å². The number of methoxy groups -OCH3 is 1. The molecule has 1 rings (SSSR count). The Morgan fingerprint density at radius 2 is 2.07 bits per heavy atom. The Balaban J connectivity index is 2.89. The molecule has 0 aliphatic carbocycles. The lowest BCUT2D eigenvalue weighted by atomic mass is 10.2. The summed E-state index contributed by atoms with van der Waals surface area (Å²) in [7, 11) is 1.67. The number of hydrogen-bond donors (Lipinski definition) is 0. The van der Waals surface area contributed by atoms with Crippen LogP contribution < -0.4 is 4.74 Å². The van der Waals surface area contributed by atoms with Crippen molar-refractivity contribution in [2.24, 2.45) is 0 Å². The molecule has 0 heterocycles. The first-order chi connectivity index (χ1) is 6.77. The summed E-state index contributed by atoms with van der Waals surface area (Å²) >= 11 is 0. The highest BCUT2D eigenvalue weighted by Gasteiger charge is 1.98. The first-order valence-electron chi connectivity index (χ1n) is 4.72. The largest absolute Gasteiger partial charge is 0.499 e. The van der Waals surface area contributed by atoms with Gasteiger partial charge in [0.25, 0.3) is 0 Å². The maximum absolute atomic E-state index is 5.35. The van der Waals surface area contributed by atoms with Gasteiger partial charge in [0, 0.05) is 5.56 Å². The SMILES string of the molecule is CCOC(C)=Cc1ccccc1OC. The topological polar surface area (TPSA) is 18.5 Å². The van der Waals surface area contributed by atoms with Crippen molar-refractivity contribution < 1.29 is 9.47 Å². The minimum Gasteiger partial charge on any atom is -0.499 e. The molecule has 0 N–H and O–H groups in total. The number of hydrogen-bond acceptors (Lipinski definition) is 2. The molecule has 14 heavy (non-hydrogen) atoms. The molecule has 0 atom stereocenters. The van der Waals surface area contributed by atoms with Gasteiger partial charge in [-0.05, 0) is 26.0 Å². The molecule has 0 aromatic heterocycles. The monoisotopic (exact) mass is 192 g/mol. The van der Waals surface area contributed by atoms with Crippen LogP contribution in [0.15, 0.2) is 30.0 Å². The van der Waals surface area contributed by atoms with Crippen LogP contribution in [-0.2, 0) is 4.74 Å². The van der Waals surface area contributed by atoms with E-state index in [2.05, 4.69) is 0 Å². The lowest BCUT2D eigenvalue weighted by molar-refractivity contribution is 0.235. The molecule has 0 unspecified atom stereocenters. The molecule has 76 valence electrons. The zero-order valence-corrected chi connectivity index (χ0v) is 8.91. The fourth-order valence-corrected chi connectivity index (χ4v) is 1.27. The fourth-order valence-electron chi connectivity index (χ4n) is 1.27. The molecular weight excluding hydrogens is 176 g/mol. The molecule has 2 heteroatoms. The Kier molecular flexibility index (Phi) is 4.05. The molecule has 0 bridgehead atoms. The van der Waals surface area contributed by atoms with Gasteiger partial charge in [-0.25, -0.2) is 0 Å². The van der Waals surface area contributed by atoms with E-state index in [0.717, 1.165) is 17.1 Å². The van der Waals surface area contributed by atoms with Gasteiger partial charge >= 0.3 is 0 Å². The third-order valence-electron chi connectivity index (χ3n) is 1.87. The van der Waals surface area contributed by atoms with Crippen molar-refractivity contribution >= 4 is 6.08 Å². The summed E-state index contributed by atoms with van der Waals surface area (Å²) in [5, 5.41) is 0. The van der Waals surface area contributed by atoms with Gasteiger partial charge in [-0.2, -0.15) is 0 Å². The average Bonchev–Trinajstić information content (AvgIpc) is 2.19. The Morgan fingerprint density at radius 3 is 2.71 bits per heavy atom. The van der Waals surface area contributed by atoms with Gasteiger partial charge in [0.2, 0.25) is 0 Å². The Morgan fingerprint density at radius 1 is 1.36 bits per heavy atom. The average molecular weight is 192 g/mol. The van der Waals surface area contributed by atoms with Gasteiger partial charge in [-0.1, -0.05) is 18.2 Å². The van der Waals surface area contributed by atoms with E-state index in [1.165, 1.54) is 0 Å². The number of rotatable bonds is 4. The maximum atomic E-state index is 5.35. The maximum Gasteiger partial charge on any atom is 0.126 e. The number of allylic oxidation sites excluding steroid dienone is 1. The van der Waals surface area contributed by atoms with E-state index in [-0.39, 0.29) is 0 Å². The molecule has 0 amide bonds. The summed E-state index contributed by atoms with van der Waals surface area (Å²) in [6, 6.07) is 7.87. The van der Waals surface area contributed by atoms with E-state index in [0.29, 0.717) is 6.61 Å². The van der Waals surface area contributed by atoms with Crippen molar-refractivity contribution in [1.82, 2.24) is 0 Å². The van der Waals surface area contributed by atoms with E-state index in [4.69, 9.17) is 9.47 Å². The minimum absolute atomic E-state index is 0.692. The molecule has 0 aliphatic heterocycles. The van der Waals surface area contributed by atoms with Crippen LogP contribution in [-0.4, -0.2) is 13.7 Å². The summed E-state index contributed by atoms with van der Waals surface area (Å²) < 4.78 is 10.6. The van der Waals surface area contributed by atoms with Crippen LogP contribution in [0, 0.1) is 0 Å². The van der Waals surface area contributed by atoms with Gasteiger partial charge in [0.05, 0.1) is 19.5 Å². The summed E-state index contributed by atoms with van der Waals surface area (Å²) in [6.45, 7) is 4.60. The van der Waals surface area contributed by atoms with Crippen molar-refractivity contribution in [2.45, 2.75) is 13.8 Å². The second-order valence-electron chi connectivity index (χ2n) is 2.93. The highest BCUT2D eigenvalue weighted by Crippen LogP contribution is 2.20. The van der Waals surface area contributed by atoms with Gasteiger partial charge < -0.3 is 9.47 Å². The van der Waals surface area contributed by atoms with Gasteiger partial charge in [0.1, 0.15) is 5.75 Å². The Labute approximate surface area is 85.2 Å². The predicted molar refractivity (Wildman–Crippen MR) is 58.3 cm³/mol. The number of benzene rings is 1. The molecule has 0 saturated carbocycles. The van der Waals surface area contributed by atoms with Crippen LogP contribution in [0.25, 0.3) is 6.08 Å². The van der Waals surface area contributed by atoms with Crippen LogP contribution in [0.5, 0.6) is 5.75 Å². The van der Waals surface area contributed by atoms with Crippen LogP contribution in [0.3, 0.4) is 0 Å². The van der Waals surface area contributed by atoms with Crippen LogP contribution in [0.1, 0.15) is 19.4 Å². The van der Waals surface area contributed by atoms with Gasteiger partial charge in [-0.3, -0.25) is 0 Å². The fraction of sp³-hybridized carbons (Fsp3) is 0.333. The molecule has 2 nitrogen and oxygen atoms in total. The molecule has 0 fully saturated rings. The summed E-state index contributed by atoms with van der Waals surface area (Å²) in [5.41, 5.74) is 1.04. The minimum atomic E-state index is 0.692. The summed E-state index contributed by atoms with van der Waals surface area (Å²) in [5.74, 6) is 1.77. The number of para-hydroxylation sites is 1. The number of ether oxygens (including phenoxy) is 2. The second kappa shape index (κ2) is 5.32. The highest BCUT2D eigenvalue weighted by molar-refractivity contribution is 5.58. The third-order valence-corrected chi connectivity index (χ3v) is 1.87. The summed E-state index contributed by atoms with van der Waals surface area (Å²) in [4.78, 5) is 0. The molecule has 1 aromatic carbocycles. The molecule has 1 aromatic rings. The highest BCUT2D eigenvalue weighted by atomic mass is 16.5. The van der Waals surface area contributed by atoms with Crippen molar-refractivity contribution in [3.8, 4) is 5.75 Å². The van der Waals surface area contributed by atoms with Crippen LogP contribution >= 0.6 is 0 Å². The standard InChI is InChI=1S/C12H16O2/c1-4-14-10(2)9-11-7-5-6-8-12(11)13-3/h5-9H,4H2,1-3H3. The second-order valence-corrected chi connectivity index (χ2v) is 2.93. The lowest BCUT2D eigenvalue weighted by Gasteiger charge is -2.06. The Bertz CT molecular complexity index is 316. The van der Waals surface area contributed by atoms with E-state index in [1.54, 1.807) is 7.11 Å². The van der Waals surface area contributed by atoms with Crippen LogP contribution in [0.4, 0.5) is 0 Å². The van der Waals surface area contributed by atoms with Gasteiger partial charge in [-0.15, -0.1) is 0 Å². The van der Waals surface area contributed by atoms with E-state index < -0.39 is 0 Å². The molecular formula is C12H16O2. The van der Waals surface area contributed by atoms with Crippen molar-refractivity contribution in [3.05, 3.63) is 35.6 Å². The smallest absolute Gasteiger partial charge is 0.126 e. The molecule has 0 aliphatic rings. The summed E-state index contributed by atoms with van der Waals surface area (Å²) in [6.07, 6.45) is 1.97. The van der Waals surface area contributed by atoms with Crippen molar-refractivity contribution in [3.63, 3.8) is 0 Å². The quantitative estimate of drug-likeness (QED) is 0.682. The zero-order valence-electron chi connectivity index (χ0n) is 8.91. The third kappa shape index (κ3) is 2.80. The normalized spacial score (nSPS) is 11.2. The molecule has 0 spiro atoms. The zero-order chi connectivity index (χ0) is 10.4. The van der Waals surface area contributed by atoms with Crippen molar-refractivity contribution in [2.75, 3.05) is 13.7 Å². The lowest BCUT2D eigenvalue weighted by Crippen LogP contribution is -1.89. The molecule has 0 radical (unpaired) electrons. The van der Waals surface area contributed by atoms with Crippen LogP contribution in [0.2, 0.25) is 0 Å². The van der Waals surface area contributed by atoms with Gasteiger partial charge in [0.15, 0.2) is 0 Å².